The van der Waals surface area contributed by atoms with Crippen molar-refractivity contribution in [3.8, 4) is 0 Å². The summed E-state index contributed by atoms with van der Waals surface area (Å²) in [5.41, 5.74) is 0. The molecule has 0 saturated heterocycles. The van der Waals surface area contributed by atoms with Crippen molar-refractivity contribution >= 4 is 12.6 Å². The van der Waals surface area contributed by atoms with Crippen LogP contribution < -0.4 is 0 Å². The maximum Gasteiger partial charge on any atom is 0.123 e. The number of aldehydes is 2. The molecule has 96 valence electrons. The van der Waals surface area contributed by atoms with E-state index in [0.717, 1.165) is 50.1 Å². The van der Waals surface area contributed by atoms with Crippen LogP contribution in [0.3, 0.4) is 0 Å². The summed E-state index contributed by atoms with van der Waals surface area (Å²) in [6.45, 7) is 0. The van der Waals surface area contributed by atoms with Crippen molar-refractivity contribution in [3.05, 3.63) is 0 Å². The third-order valence-electron chi connectivity index (χ3n) is 4.83. The van der Waals surface area contributed by atoms with Crippen molar-refractivity contribution < 1.29 is 9.59 Å². The molecule has 17 heavy (non-hydrogen) atoms. The molecule has 2 rings (SSSR count). The lowest BCUT2D eigenvalue weighted by atomic mass is 9.74. The summed E-state index contributed by atoms with van der Waals surface area (Å²) in [6, 6.07) is 0. The van der Waals surface area contributed by atoms with Crippen LogP contribution in [0.2, 0.25) is 0 Å². The number of carbonyl (C=O) groups is 2. The highest BCUT2D eigenvalue weighted by atomic mass is 16.1. The summed E-state index contributed by atoms with van der Waals surface area (Å²) in [5.74, 6) is 2.39. The van der Waals surface area contributed by atoms with E-state index in [1.165, 1.54) is 32.1 Å². The smallest absolute Gasteiger partial charge is 0.123 e. The molecule has 0 atom stereocenters. The van der Waals surface area contributed by atoms with Crippen LogP contribution in [0.15, 0.2) is 0 Å². The average Bonchev–Trinajstić information content (AvgIpc) is 2.40. The molecule has 2 aliphatic rings. The van der Waals surface area contributed by atoms with Gasteiger partial charge in [0.15, 0.2) is 0 Å². The predicted molar refractivity (Wildman–Crippen MR) is 67.6 cm³/mol. The van der Waals surface area contributed by atoms with E-state index < -0.39 is 0 Å². The third-order valence-corrected chi connectivity index (χ3v) is 4.83. The highest BCUT2D eigenvalue weighted by Gasteiger charge is 2.26. The van der Waals surface area contributed by atoms with Gasteiger partial charge in [0.1, 0.15) is 12.6 Å². The molecule has 2 fully saturated rings. The monoisotopic (exact) mass is 236 g/mol. The van der Waals surface area contributed by atoms with Gasteiger partial charge in [-0.25, -0.2) is 0 Å². The largest absolute Gasteiger partial charge is 0.303 e. The molecule has 0 amide bonds. The predicted octanol–water partition coefficient (Wildman–Crippen LogP) is 3.39. The Balaban J connectivity index is 1.68. The van der Waals surface area contributed by atoms with E-state index in [1.54, 1.807) is 0 Å². The molecule has 0 spiro atoms. The lowest BCUT2D eigenvalue weighted by Crippen LogP contribution is -2.21. The molecule has 0 aromatic heterocycles. The van der Waals surface area contributed by atoms with Gasteiger partial charge < -0.3 is 9.59 Å². The van der Waals surface area contributed by atoms with E-state index >= 15 is 0 Å². The Kier molecular flexibility index (Phi) is 4.75. The zero-order chi connectivity index (χ0) is 12.1. The molecule has 0 bridgehead atoms. The Morgan fingerprint density at radius 2 is 1.00 bits per heavy atom. The zero-order valence-electron chi connectivity index (χ0n) is 10.6. The second-order valence-corrected chi connectivity index (χ2v) is 6.07. The fourth-order valence-electron chi connectivity index (χ4n) is 3.59. The highest BCUT2D eigenvalue weighted by molar-refractivity contribution is 5.53. The summed E-state index contributed by atoms with van der Waals surface area (Å²) >= 11 is 0. The van der Waals surface area contributed by atoms with Crippen molar-refractivity contribution in [3.63, 3.8) is 0 Å². The Bertz CT molecular complexity index is 220. The molecule has 2 nitrogen and oxygen atoms in total. The first-order chi connectivity index (χ1) is 8.31. The molecule has 0 aliphatic heterocycles. The minimum absolute atomic E-state index is 0.344. The minimum atomic E-state index is 0.344. The van der Waals surface area contributed by atoms with Crippen molar-refractivity contribution in [2.24, 2.45) is 23.7 Å². The summed E-state index contributed by atoms with van der Waals surface area (Å²) in [5, 5.41) is 0. The first kappa shape index (κ1) is 12.8. The van der Waals surface area contributed by atoms with Gasteiger partial charge in [-0.1, -0.05) is 0 Å². The molecule has 0 N–H and O–H groups in total. The van der Waals surface area contributed by atoms with Crippen LogP contribution >= 0.6 is 0 Å². The van der Waals surface area contributed by atoms with Crippen LogP contribution in [0, 0.1) is 23.7 Å². The first-order valence-corrected chi connectivity index (χ1v) is 7.22. The standard InChI is InChI=1S/C15H24O2/c16-10-14-5-1-12(2-6-14)9-13-3-7-15(11-17)8-4-13/h10-15H,1-9H2. The molecule has 2 saturated carbocycles. The van der Waals surface area contributed by atoms with Crippen LogP contribution in [0.25, 0.3) is 0 Å². The molecular weight excluding hydrogens is 212 g/mol. The maximum absolute atomic E-state index is 10.7. The van der Waals surface area contributed by atoms with Gasteiger partial charge in [-0.2, -0.15) is 0 Å². The lowest BCUT2D eigenvalue weighted by Gasteiger charge is -2.31. The molecular formula is C15H24O2. The fourth-order valence-corrected chi connectivity index (χ4v) is 3.59. The van der Waals surface area contributed by atoms with E-state index in [9.17, 15) is 9.59 Å². The van der Waals surface area contributed by atoms with Crippen LogP contribution in [0.4, 0.5) is 0 Å². The van der Waals surface area contributed by atoms with Crippen LogP contribution in [-0.4, -0.2) is 12.6 Å². The lowest BCUT2D eigenvalue weighted by molar-refractivity contribution is -0.112. The van der Waals surface area contributed by atoms with Crippen molar-refractivity contribution in [1.82, 2.24) is 0 Å². The Morgan fingerprint density at radius 1 is 0.647 bits per heavy atom. The fraction of sp³-hybridized carbons (Fsp3) is 0.867. The first-order valence-electron chi connectivity index (χ1n) is 7.22. The number of hydrogen-bond acceptors (Lipinski definition) is 2. The maximum atomic E-state index is 10.7. The van der Waals surface area contributed by atoms with Gasteiger partial charge >= 0.3 is 0 Å². The van der Waals surface area contributed by atoms with Gasteiger partial charge in [0, 0.05) is 11.8 Å². The van der Waals surface area contributed by atoms with E-state index in [2.05, 4.69) is 0 Å². The van der Waals surface area contributed by atoms with E-state index in [4.69, 9.17) is 0 Å². The van der Waals surface area contributed by atoms with Crippen molar-refractivity contribution in [2.75, 3.05) is 0 Å². The van der Waals surface area contributed by atoms with E-state index in [1.807, 2.05) is 0 Å². The third kappa shape index (κ3) is 3.65. The van der Waals surface area contributed by atoms with Gasteiger partial charge in [-0.05, 0) is 69.6 Å². The SMILES string of the molecule is O=CC1CCC(CC2CCC(C=O)CC2)CC1. The average molecular weight is 236 g/mol. The van der Waals surface area contributed by atoms with E-state index in [0.29, 0.717) is 11.8 Å². The topological polar surface area (TPSA) is 34.1 Å². The van der Waals surface area contributed by atoms with Gasteiger partial charge in [-0.15, -0.1) is 0 Å². The van der Waals surface area contributed by atoms with Gasteiger partial charge in [0.05, 0.1) is 0 Å². The molecule has 0 aromatic rings. The van der Waals surface area contributed by atoms with Crippen LogP contribution in [0.1, 0.15) is 57.8 Å². The zero-order valence-corrected chi connectivity index (χ0v) is 10.6. The second-order valence-electron chi connectivity index (χ2n) is 6.07. The number of hydrogen-bond donors (Lipinski definition) is 0. The molecule has 2 aliphatic carbocycles. The minimum Gasteiger partial charge on any atom is -0.303 e. The van der Waals surface area contributed by atoms with Crippen molar-refractivity contribution in [1.29, 1.82) is 0 Å². The number of carbonyl (C=O) groups excluding carboxylic acids is 2. The number of rotatable bonds is 4. The van der Waals surface area contributed by atoms with Gasteiger partial charge in [0.2, 0.25) is 0 Å². The Morgan fingerprint density at radius 3 is 1.29 bits per heavy atom. The molecule has 0 radical (unpaired) electrons. The summed E-state index contributed by atoms with van der Waals surface area (Å²) < 4.78 is 0. The Hall–Kier alpha value is -0.660. The molecule has 0 unspecified atom stereocenters. The Labute approximate surface area is 104 Å². The molecule has 0 heterocycles. The highest BCUT2D eigenvalue weighted by Crippen LogP contribution is 2.37. The second kappa shape index (κ2) is 6.32. The van der Waals surface area contributed by atoms with E-state index in [-0.39, 0.29) is 0 Å². The van der Waals surface area contributed by atoms with Crippen molar-refractivity contribution in [2.45, 2.75) is 57.8 Å². The molecule has 0 aromatic carbocycles. The van der Waals surface area contributed by atoms with Gasteiger partial charge in [-0.3, -0.25) is 0 Å². The summed E-state index contributed by atoms with van der Waals surface area (Å²) in [4.78, 5) is 21.4. The summed E-state index contributed by atoms with van der Waals surface area (Å²) in [7, 11) is 0. The molecule has 2 heteroatoms. The normalized spacial score (nSPS) is 38.6. The quantitative estimate of drug-likeness (QED) is 0.701. The van der Waals surface area contributed by atoms with Crippen LogP contribution in [-0.2, 0) is 9.59 Å². The van der Waals surface area contributed by atoms with Crippen LogP contribution in [0.5, 0.6) is 0 Å². The summed E-state index contributed by atoms with van der Waals surface area (Å²) in [6.07, 6.45) is 13.1. The van der Waals surface area contributed by atoms with Gasteiger partial charge in [0.25, 0.3) is 0 Å².